The summed E-state index contributed by atoms with van der Waals surface area (Å²) in [4.78, 5) is 29.0. The number of amides is 1. The summed E-state index contributed by atoms with van der Waals surface area (Å²) in [5.41, 5.74) is 2.05. The molecule has 1 unspecified atom stereocenters. The Bertz CT molecular complexity index is 1100. The first-order valence-corrected chi connectivity index (χ1v) is 9.86. The highest BCUT2D eigenvalue weighted by atomic mass is 16.6. The van der Waals surface area contributed by atoms with E-state index in [1.165, 1.54) is 0 Å². The van der Waals surface area contributed by atoms with Crippen molar-refractivity contribution < 1.29 is 13.9 Å². The Morgan fingerprint density at radius 3 is 2.53 bits per heavy atom. The molecular weight excluding hydrogens is 382 g/mol. The summed E-state index contributed by atoms with van der Waals surface area (Å²) in [7, 11) is 0. The maximum atomic E-state index is 12.7. The Morgan fingerprint density at radius 1 is 1.17 bits per heavy atom. The predicted molar refractivity (Wildman–Crippen MR) is 117 cm³/mol. The van der Waals surface area contributed by atoms with E-state index >= 15 is 0 Å². The maximum Gasteiger partial charge on any atom is 0.407 e. The van der Waals surface area contributed by atoms with Crippen LogP contribution in [0.4, 0.5) is 10.8 Å². The van der Waals surface area contributed by atoms with Crippen molar-refractivity contribution in [1.29, 1.82) is 0 Å². The van der Waals surface area contributed by atoms with Gasteiger partial charge in [-0.3, -0.25) is 0 Å². The first kappa shape index (κ1) is 21.4. The normalized spacial score (nSPS) is 12.4. The smallest absolute Gasteiger partial charge is 0.407 e. The fourth-order valence-corrected chi connectivity index (χ4v) is 3.11. The third-order valence-electron chi connectivity index (χ3n) is 4.63. The van der Waals surface area contributed by atoms with Crippen LogP contribution in [0, 0.1) is 6.92 Å². The number of fused-ring (bicyclic) bond motifs is 1. The molecule has 7 heteroatoms. The van der Waals surface area contributed by atoms with Gasteiger partial charge in [0, 0.05) is 6.54 Å². The van der Waals surface area contributed by atoms with Crippen molar-refractivity contribution in [3.8, 4) is 0 Å². The van der Waals surface area contributed by atoms with E-state index < -0.39 is 17.3 Å². The summed E-state index contributed by atoms with van der Waals surface area (Å²) in [5, 5.41) is 6.24. The van der Waals surface area contributed by atoms with Crippen molar-refractivity contribution in [2.75, 3.05) is 5.32 Å². The summed E-state index contributed by atoms with van der Waals surface area (Å²) < 4.78 is 10.7. The zero-order valence-corrected chi connectivity index (χ0v) is 17.9. The second kappa shape index (κ2) is 8.57. The monoisotopic (exact) mass is 409 g/mol. The fourth-order valence-electron chi connectivity index (χ4n) is 3.11. The Hall–Kier alpha value is -3.35. The van der Waals surface area contributed by atoms with Gasteiger partial charge in [0.1, 0.15) is 5.60 Å². The largest absolute Gasteiger partial charge is 0.444 e. The number of hydrogen-bond acceptors (Lipinski definition) is 6. The van der Waals surface area contributed by atoms with Crippen LogP contribution in [0.5, 0.6) is 0 Å². The number of aromatic nitrogens is 1. The molecule has 0 saturated heterocycles. The highest BCUT2D eigenvalue weighted by Crippen LogP contribution is 2.22. The average Bonchev–Trinajstić information content (AvgIpc) is 2.66. The second-order valence-corrected chi connectivity index (χ2v) is 8.18. The third-order valence-corrected chi connectivity index (χ3v) is 4.63. The number of hydrogen-bond donors (Lipinski definition) is 2. The Balaban J connectivity index is 1.81. The molecule has 1 amide bonds. The second-order valence-electron chi connectivity index (χ2n) is 8.18. The van der Waals surface area contributed by atoms with E-state index in [2.05, 4.69) is 15.6 Å². The molecule has 2 aromatic carbocycles. The van der Waals surface area contributed by atoms with Gasteiger partial charge in [-0.25, -0.2) is 9.59 Å². The van der Waals surface area contributed by atoms with Crippen molar-refractivity contribution in [2.24, 2.45) is 0 Å². The molecule has 3 rings (SSSR count). The van der Waals surface area contributed by atoms with E-state index in [9.17, 15) is 9.59 Å². The summed E-state index contributed by atoms with van der Waals surface area (Å²) >= 11 is 0. The Labute approximate surface area is 175 Å². The summed E-state index contributed by atoms with van der Waals surface area (Å²) in [6.45, 7) is 9.42. The molecule has 0 saturated carbocycles. The average molecular weight is 409 g/mol. The number of ether oxygens (including phenoxy) is 1. The Morgan fingerprint density at radius 2 is 1.87 bits per heavy atom. The van der Waals surface area contributed by atoms with Gasteiger partial charge in [0.25, 0.3) is 6.01 Å². The molecule has 3 aromatic rings. The number of carbonyl (C=O) groups is 1. The molecule has 0 fully saturated rings. The summed E-state index contributed by atoms with van der Waals surface area (Å²) in [6.07, 6.45) is -0.512. The quantitative estimate of drug-likeness (QED) is 0.635. The van der Waals surface area contributed by atoms with E-state index in [1.54, 1.807) is 26.8 Å². The SMILES string of the molecule is Cc1c(CNC(=O)OC(C)(C)C)ccc2nc(NC(C)c3ccccc3)oc(=O)c12. The molecule has 1 atom stereocenters. The van der Waals surface area contributed by atoms with E-state index in [1.807, 2.05) is 50.2 Å². The van der Waals surface area contributed by atoms with Crippen LogP contribution in [0.1, 0.15) is 50.4 Å². The zero-order valence-electron chi connectivity index (χ0n) is 17.9. The first-order valence-electron chi connectivity index (χ1n) is 9.86. The minimum atomic E-state index is -0.576. The molecule has 7 nitrogen and oxygen atoms in total. The van der Waals surface area contributed by atoms with Gasteiger partial charge in [-0.15, -0.1) is 0 Å². The third kappa shape index (κ3) is 5.17. The van der Waals surface area contributed by atoms with Crippen molar-refractivity contribution in [3.05, 3.63) is 69.6 Å². The Kier molecular flexibility index (Phi) is 6.10. The van der Waals surface area contributed by atoms with Crippen LogP contribution in [0.25, 0.3) is 10.9 Å². The van der Waals surface area contributed by atoms with Gasteiger partial charge in [0.2, 0.25) is 0 Å². The van der Waals surface area contributed by atoms with Gasteiger partial charge in [-0.05, 0) is 57.4 Å². The van der Waals surface area contributed by atoms with Crippen molar-refractivity contribution in [2.45, 2.75) is 52.8 Å². The van der Waals surface area contributed by atoms with E-state index in [-0.39, 0.29) is 18.6 Å². The number of aryl methyl sites for hydroxylation is 1. The number of nitrogens with zero attached hydrogens (tertiary/aromatic N) is 1. The molecule has 1 aromatic heterocycles. The van der Waals surface area contributed by atoms with Gasteiger partial charge in [0.05, 0.1) is 16.9 Å². The van der Waals surface area contributed by atoms with Gasteiger partial charge in [-0.2, -0.15) is 4.98 Å². The minimum Gasteiger partial charge on any atom is -0.444 e. The lowest BCUT2D eigenvalue weighted by atomic mass is 10.0. The first-order chi connectivity index (χ1) is 14.1. The van der Waals surface area contributed by atoms with Gasteiger partial charge in [-0.1, -0.05) is 36.4 Å². The molecular formula is C23H27N3O4. The number of alkyl carbamates (subject to hydrolysis) is 1. The highest BCUT2D eigenvalue weighted by molar-refractivity contribution is 5.82. The van der Waals surface area contributed by atoms with Crippen molar-refractivity contribution >= 4 is 23.0 Å². The van der Waals surface area contributed by atoms with Crippen LogP contribution in [-0.2, 0) is 11.3 Å². The van der Waals surface area contributed by atoms with Crippen LogP contribution >= 0.6 is 0 Å². The van der Waals surface area contributed by atoms with Crippen molar-refractivity contribution in [3.63, 3.8) is 0 Å². The van der Waals surface area contributed by atoms with E-state index in [0.29, 0.717) is 16.5 Å². The molecule has 0 bridgehead atoms. The van der Waals surface area contributed by atoms with Crippen molar-refractivity contribution in [1.82, 2.24) is 10.3 Å². The number of anilines is 1. The number of carbonyl (C=O) groups excluding carboxylic acids is 1. The van der Waals surface area contributed by atoms with E-state index in [4.69, 9.17) is 9.15 Å². The van der Waals surface area contributed by atoms with Gasteiger partial charge in [0.15, 0.2) is 0 Å². The molecule has 30 heavy (non-hydrogen) atoms. The lowest BCUT2D eigenvalue weighted by molar-refractivity contribution is 0.0523. The number of nitrogens with one attached hydrogen (secondary N) is 2. The van der Waals surface area contributed by atoms with Crippen LogP contribution in [0.2, 0.25) is 0 Å². The molecule has 0 radical (unpaired) electrons. The minimum absolute atomic E-state index is 0.0716. The summed E-state index contributed by atoms with van der Waals surface area (Å²) in [5.74, 6) is 0. The molecule has 2 N–H and O–H groups in total. The summed E-state index contributed by atoms with van der Waals surface area (Å²) in [6, 6.07) is 13.5. The number of rotatable bonds is 5. The maximum absolute atomic E-state index is 12.7. The predicted octanol–water partition coefficient (Wildman–Crippen LogP) is 4.69. The molecule has 158 valence electrons. The van der Waals surface area contributed by atoms with Gasteiger partial charge >= 0.3 is 11.7 Å². The molecule has 0 spiro atoms. The lowest BCUT2D eigenvalue weighted by Crippen LogP contribution is -2.32. The number of benzene rings is 2. The highest BCUT2D eigenvalue weighted by Gasteiger charge is 2.17. The molecule has 0 aliphatic heterocycles. The molecule has 0 aliphatic carbocycles. The van der Waals surface area contributed by atoms with Crippen LogP contribution in [0.3, 0.4) is 0 Å². The standard InChI is InChI=1S/C23H27N3O4/c1-14-17(13-24-22(28)30-23(3,4)5)11-12-18-19(14)20(27)29-21(26-18)25-15(2)16-9-7-6-8-10-16/h6-12,15H,13H2,1-5H3,(H,24,28)(H,25,26). The molecule has 0 aliphatic rings. The van der Waals surface area contributed by atoms with E-state index in [0.717, 1.165) is 11.1 Å². The van der Waals surface area contributed by atoms with Gasteiger partial charge < -0.3 is 19.8 Å². The zero-order chi connectivity index (χ0) is 21.9. The van der Waals surface area contributed by atoms with Crippen LogP contribution < -0.4 is 16.3 Å². The fraction of sp³-hybridized carbons (Fsp3) is 0.348. The topological polar surface area (TPSA) is 93.5 Å². The lowest BCUT2D eigenvalue weighted by Gasteiger charge is -2.20. The van der Waals surface area contributed by atoms with Crippen LogP contribution in [-0.4, -0.2) is 16.7 Å². The molecule has 1 heterocycles. The van der Waals surface area contributed by atoms with Crippen LogP contribution in [0.15, 0.2) is 51.7 Å².